The largest absolute Gasteiger partial charge is 0.496 e. The smallest absolute Gasteiger partial charge is 0.126 e. The molecule has 0 radical (unpaired) electrons. The molecule has 2 N–H and O–H groups in total. The lowest BCUT2D eigenvalue weighted by Crippen LogP contribution is -2.22. The standard InChI is InChI=1S/C17H21NO2/c1-11-9-12(10-20-11)17(18)15-7-8-16(19-2)14-6-4-3-5-13(14)15/h3-8,11-12,17H,9-10,18H2,1-2H3. The molecule has 0 spiro atoms. The number of hydrogen-bond donors (Lipinski definition) is 1. The Morgan fingerprint density at radius 1 is 1.20 bits per heavy atom. The maximum atomic E-state index is 6.50. The Bertz CT molecular complexity index is 611. The van der Waals surface area contributed by atoms with Crippen molar-refractivity contribution in [2.24, 2.45) is 11.7 Å². The summed E-state index contributed by atoms with van der Waals surface area (Å²) < 4.78 is 11.1. The van der Waals surface area contributed by atoms with Crippen molar-refractivity contribution in [2.45, 2.75) is 25.5 Å². The molecule has 3 atom stereocenters. The Morgan fingerprint density at radius 3 is 2.60 bits per heavy atom. The Labute approximate surface area is 119 Å². The van der Waals surface area contributed by atoms with Gasteiger partial charge < -0.3 is 15.2 Å². The van der Waals surface area contributed by atoms with Gasteiger partial charge in [-0.3, -0.25) is 0 Å². The maximum absolute atomic E-state index is 6.50. The van der Waals surface area contributed by atoms with Crippen LogP contribution < -0.4 is 10.5 Å². The molecule has 3 rings (SSSR count). The minimum atomic E-state index is 0.00996. The Morgan fingerprint density at radius 2 is 1.95 bits per heavy atom. The number of ether oxygens (including phenoxy) is 2. The van der Waals surface area contributed by atoms with Gasteiger partial charge in [-0.05, 0) is 30.4 Å². The molecule has 3 unspecified atom stereocenters. The number of fused-ring (bicyclic) bond motifs is 1. The average Bonchev–Trinajstić information content (AvgIpc) is 2.92. The first-order chi connectivity index (χ1) is 9.70. The molecular weight excluding hydrogens is 250 g/mol. The van der Waals surface area contributed by atoms with Gasteiger partial charge in [0, 0.05) is 17.3 Å². The zero-order chi connectivity index (χ0) is 14.1. The molecule has 2 aromatic rings. The zero-order valence-corrected chi connectivity index (χ0v) is 12.0. The van der Waals surface area contributed by atoms with Gasteiger partial charge in [-0.2, -0.15) is 0 Å². The van der Waals surface area contributed by atoms with Crippen molar-refractivity contribution in [3.63, 3.8) is 0 Å². The third-order valence-electron chi connectivity index (χ3n) is 4.23. The highest BCUT2D eigenvalue weighted by molar-refractivity contribution is 5.91. The van der Waals surface area contributed by atoms with Crippen LogP contribution in [0.25, 0.3) is 10.8 Å². The first-order valence-corrected chi connectivity index (χ1v) is 7.13. The van der Waals surface area contributed by atoms with Gasteiger partial charge in [0.1, 0.15) is 5.75 Å². The summed E-state index contributed by atoms with van der Waals surface area (Å²) in [5, 5.41) is 2.30. The summed E-state index contributed by atoms with van der Waals surface area (Å²) in [5.74, 6) is 1.29. The monoisotopic (exact) mass is 271 g/mol. The molecule has 3 heteroatoms. The summed E-state index contributed by atoms with van der Waals surface area (Å²) >= 11 is 0. The second-order valence-electron chi connectivity index (χ2n) is 5.57. The van der Waals surface area contributed by atoms with Gasteiger partial charge in [0.25, 0.3) is 0 Å². The number of hydrogen-bond acceptors (Lipinski definition) is 3. The second-order valence-corrected chi connectivity index (χ2v) is 5.57. The Balaban J connectivity index is 2.03. The maximum Gasteiger partial charge on any atom is 0.126 e. The molecule has 0 amide bonds. The second kappa shape index (κ2) is 5.43. The summed E-state index contributed by atoms with van der Waals surface area (Å²) in [6.45, 7) is 2.86. The topological polar surface area (TPSA) is 44.5 Å². The molecule has 1 aliphatic heterocycles. The van der Waals surface area contributed by atoms with Crippen LogP contribution in [0, 0.1) is 5.92 Å². The van der Waals surface area contributed by atoms with Crippen LogP contribution in [-0.4, -0.2) is 19.8 Å². The van der Waals surface area contributed by atoms with E-state index in [4.69, 9.17) is 15.2 Å². The molecule has 0 bridgehead atoms. The van der Waals surface area contributed by atoms with Crippen LogP contribution in [0.3, 0.4) is 0 Å². The van der Waals surface area contributed by atoms with Crippen molar-refractivity contribution in [3.05, 3.63) is 42.0 Å². The molecule has 1 fully saturated rings. The van der Waals surface area contributed by atoms with Crippen molar-refractivity contribution in [1.82, 2.24) is 0 Å². The van der Waals surface area contributed by atoms with Crippen LogP contribution in [0.15, 0.2) is 36.4 Å². The number of benzene rings is 2. The van der Waals surface area contributed by atoms with Gasteiger partial charge >= 0.3 is 0 Å². The number of rotatable bonds is 3. The van der Waals surface area contributed by atoms with E-state index in [0.29, 0.717) is 12.0 Å². The van der Waals surface area contributed by atoms with Crippen LogP contribution in [-0.2, 0) is 4.74 Å². The molecule has 0 aromatic heterocycles. The van der Waals surface area contributed by atoms with E-state index in [2.05, 4.69) is 25.1 Å². The van der Waals surface area contributed by atoms with Crippen LogP contribution in [0.5, 0.6) is 5.75 Å². The molecule has 2 aromatic carbocycles. The van der Waals surface area contributed by atoms with Crippen LogP contribution in [0.4, 0.5) is 0 Å². The lowest BCUT2D eigenvalue weighted by atomic mass is 9.88. The van der Waals surface area contributed by atoms with E-state index < -0.39 is 0 Å². The lowest BCUT2D eigenvalue weighted by Gasteiger charge is -2.21. The summed E-state index contributed by atoms with van der Waals surface area (Å²) in [4.78, 5) is 0. The molecule has 1 saturated heterocycles. The minimum Gasteiger partial charge on any atom is -0.496 e. The van der Waals surface area contributed by atoms with E-state index in [1.54, 1.807) is 7.11 Å². The quantitative estimate of drug-likeness (QED) is 0.931. The predicted octanol–water partition coefficient (Wildman–Crippen LogP) is 3.27. The molecule has 1 aliphatic rings. The summed E-state index contributed by atoms with van der Waals surface area (Å²) in [6, 6.07) is 12.4. The first-order valence-electron chi connectivity index (χ1n) is 7.13. The lowest BCUT2D eigenvalue weighted by molar-refractivity contribution is 0.118. The Hall–Kier alpha value is -1.58. The van der Waals surface area contributed by atoms with E-state index in [1.165, 1.54) is 10.9 Å². The summed E-state index contributed by atoms with van der Waals surface area (Å²) in [7, 11) is 1.70. The van der Waals surface area contributed by atoms with E-state index in [-0.39, 0.29) is 6.04 Å². The molecule has 0 aliphatic carbocycles. The van der Waals surface area contributed by atoms with Crippen LogP contribution in [0.1, 0.15) is 24.9 Å². The van der Waals surface area contributed by atoms with Gasteiger partial charge in [0.05, 0.1) is 19.8 Å². The third-order valence-corrected chi connectivity index (χ3v) is 4.23. The van der Waals surface area contributed by atoms with Gasteiger partial charge in [-0.1, -0.05) is 30.3 Å². The van der Waals surface area contributed by atoms with Crippen molar-refractivity contribution in [1.29, 1.82) is 0 Å². The summed E-state index contributed by atoms with van der Waals surface area (Å²) in [6.07, 6.45) is 1.34. The van der Waals surface area contributed by atoms with Gasteiger partial charge in [0.2, 0.25) is 0 Å². The van der Waals surface area contributed by atoms with Crippen molar-refractivity contribution < 1.29 is 9.47 Å². The average molecular weight is 271 g/mol. The van der Waals surface area contributed by atoms with Crippen molar-refractivity contribution in [2.75, 3.05) is 13.7 Å². The SMILES string of the molecule is COc1ccc(C(N)C2COC(C)C2)c2ccccc12. The van der Waals surface area contributed by atoms with Crippen LogP contribution >= 0.6 is 0 Å². The van der Waals surface area contributed by atoms with Gasteiger partial charge in [0.15, 0.2) is 0 Å². The van der Waals surface area contributed by atoms with Crippen LogP contribution in [0.2, 0.25) is 0 Å². The highest BCUT2D eigenvalue weighted by Crippen LogP contribution is 2.36. The molecule has 106 valence electrons. The summed E-state index contributed by atoms with van der Waals surface area (Å²) in [5.41, 5.74) is 7.68. The molecule has 1 heterocycles. The minimum absolute atomic E-state index is 0.00996. The zero-order valence-electron chi connectivity index (χ0n) is 12.0. The Kier molecular flexibility index (Phi) is 3.64. The fourth-order valence-corrected chi connectivity index (χ4v) is 3.12. The van der Waals surface area contributed by atoms with E-state index in [0.717, 1.165) is 24.2 Å². The fraction of sp³-hybridized carbons (Fsp3) is 0.412. The fourth-order valence-electron chi connectivity index (χ4n) is 3.12. The molecular formula is C17H21NO2. The van der Waals surface area contributed by atoms with Crippen molar-refractivity contribution in [3.8, 4) is 5.75 Å². The normalized spacial score (nSPS) is 23.9. The molecule has 20 heavy (non-hydrogen) atoms. The van der Waals surface area contributed by atoms with Gasteiger partial charge in [-0.15, -0.1) is 0 Å². The first kappa shape index (κ1) is 13.4. The van der Waals surface area contributed by atoms with E-state index in [9.17, 15) is 0 Å². The molecule has 0 saturated carbocycles. The highest BCUT2D eigenvalue weighted by atomic mass is 16.5. The number of nitrogens with two attached hydrogens (primary N) is 1. The number of methoxy groups -OCH3 is 1. The molecule has 3 nitrogen and oxygen atoms in total. The van der Waals surface area contributed by atoms with Crippen molar-refractivity contribution >= 4 is 10.8 Å². The van der Waals surface area contributed by atoms with Gasteiger partial charge in [-0.25, -0.2) is 0 Å². The predicted molar refractivity (Wildman–Crippen MR) is 80.9 cm³/mol. The highest BCUT2D eigenvalue weighted by Gasteiger charge is 2.29. The third kappa shape index (κ3) is 2.28. The van der Waals surface area contributed by atoms with E-state index >= 15 is 0 Å². The van der Waals surface area contributed by atoms with E-state index in [1.807, 2.05) is 18.2 Å².